The van der Waals surface area contributed by atoms with Crippen LogP contribution in [0.25, 0.3) is 0 Å². The maximum Gasteiger partial charge on any atom is 0.334 e. The molecule has 0 spiro atoms. The summed E-state index contributed by atoms with van der Waals surface area (Å²) in [5.41, 5.74) is 0. The highest BCUT2D eigenvalue weighted by Crippen LogP contribution is 2.08. The lowest BCUT2D eigenvalue weighted by Crippen LogP contribution is -1.56. The van der Waals surface area contributed by atoms with Crippen LogP contribution in [0.3, 0.4) is 0 Å². The van der Waals surface area contributed by atoms with Gasteiger partial charge in [0, 0.05) is 5.15 Å². The predicted octanol–water partition coefficient (Wildman–Crippen LogP) is 2.76. The normalized spacial score (nSPS) is 7.33. The number of hydrogen-bond acceptors (Lipinski definition) is 1. The second kappa shape index (κ2) is 7.28. The van der Waals surface area contributed by atoms with Crippen LogP contribution in [0.15, 0.2) is 12.2 Å². The quantitative estimate of drug-likeness (QED) is 0.487. The van der Waals surface area contributed by atoms with Gasteiger partial charge in [0.2, 0.25) is 0 Å². The van der Waals surface area contributed by atoms with E-state index in [4.69, 9.17) is 9.05 Å². The highest BCUT2D eigenvalue weighted by molar-refractivity contribution is 4.77. The summed E-state index contributed by atoms with van der Waals surface area (Å²) in [5.74, 6) is 0. The van der Waals surface area contributed by atoms with Crippen LogP contribution in [-0.4, -0.2) is 0 Å². The van der Waals surface area contributed by atoms with Gasteiger partial charge in [-0.2, -0.15) is 17.6 Å². The summed E-state index contributed by atoms with van der Waals surface area (Å²) in [4.78, 5) is 0. The fourth-order valence-corrected chi connectivity index (χ4v) is 0. The van der Waals surface area contributed by atoms with Gasteiger partial charge in [0.25, 0.3) is 0 Å². The Labute approximate surface area is 45.3 Å². The lowest BCUT2D eigenvalue weighted by atomic mass is 11.1. The molecule has 9 heavy (non-hydrogen) atoms. The van der Waals surface area contributed by atoms with E-state index in [1.54, 1.807) is 0 Å². The zero-order chi connectivity index (χ0) is 7.86. The highest BCUT2D eigenvalue weighted by atomic mass is 19.6. The molecule has 0 radical (unpaired) electrons. The van der Waals surface area contributed by atoms with Crippen LogP contribution in [0.1, 0.15) is 0 Å². The van der Waals surface area contributed by atoms with E-state index in [0.717, 1.165) is 0 Å². The van der Waals surface area contributed by atoms with E-state index < -0.39 is 12.2 Å². The fraction of sp³-hybridized carbons (Fsp3) is 0. The number of hydrogen-bond donors (Lipinski definition) is 0. The van der Waals surface area contributed by atoms with Crippen LogP contribution in [-0.2, 0) is 5.15 Å². The molecule has 0 aromatic carbocycles. The van der Waals surface area contributed by atoms with Crippen molar-refractivity contribution in [3.63, 3.8) is 0 Å². The van der Waals surface area contributed by atoms with Crippen molar-refractivity contribution in [1.29, 1.82) is 0 Å². The molecule has 0 fully saturated rings. The van der Waals surface area contributed by atoms with Crippen molar-refractivity contribution in [2.45, 2.75) is 0 Å². The van der Waals surface area contributed by atoms with Gasteiger partial charge < -0.3 is 0 Å². The molecule has 0 amide bonds. The Morgan fingerprint density at radius 3 is 0.889 bits per heavy atom. The number of rotatable bonds is 0. The second-order valence-corrected chi connectivity index (χ2v) is 0.579. The van der Waals surface area contributed by atoms with Crippen LogP contribution in [0.5, 0.6) is 0 Å². The van der Waals surface area contributed by atoms with Crippen LogP contribution in [0.2, 0.25) is 0 Å². The van der Waals surface area contributed by atoms with Crippen molar-refractivity contribution >= 4 is 0 Å². The fourth-order valence-electron chi connectivity index (χ4n) is 0. The lowest BCUT2D eigenvalue weighted by molar-refractivity contribution is -0.317. The zero-order valence-electron chi connectivity index (χ0n) is 3.68. The molecular formula is C2F6O. The van der Waals surface area contributed by atoms with Crippen molar-refractivity contribution in [2.75, 3.05) is 0 Å². The average Bonchev–Trinajstić information content (AvgIpc) is 1.68. The first kappa shape index (κ1) is 11.1. The van der Waals surface area contributed by atoms with Crippen LogP contribution >= 0.6 is 0 Å². The van der Waals surface area contributed by atoms with Gasteiger partial charge in [-0.25, -0.2) is 0 Å². The Balaban J connectivity index is 0. The maximum absolute atomic E-state index is 10.3. The summed E-state index contributed by atoms with van der Waals surface area (Å²) in [6.07, 6.45) is -5.81. The molecule has 0 heterocycles. The van der Waals surface area contributed by atoms with Crippen molar-refractivity contribution in [3.05, 3.63) is 12.2 Å². The molecule has 56 valence electrons. The maximum atomic E-state index is 10.3. The number of halogens is 6. The summed E-state index contributed by atoms with van der Waals surface area (Å²) in [6.45, 7) is 0. The van der Waals surface area contributed by atoms with Crippen molar-refractivity contribution in [2.24, 2.45) is 0 Å². The Morgan fingerprint density at radius 1 is 0.778 bits per heavy atom. The van der Waals surface area contributed by atoms with Crippen molar-refractivity contribution < 1.29 is 31.8 Å². The molecule has 0 saturated carbocycles. The molecule has 0 bridgehead atoms. The Morgan fingerprint density at radius 2 is 0.889 bits per heavy atom. The van der Waals surface area contributed by atoms with E-state index in [0.29, 0.717) is 0 Å². The molecule has 0 aromatic rings. The van der Waals surface area contributed by atoms with Gasteiger partial charge >= 0.3 is 12.2 Å². The largest absolute Gasteiger partial charge is 0.334 e. The summed E-state index contributed by atoms with van der Waals surface area (Å²) < 4.78 is 59.4. The third-order valence-corrected chi connectivity index (χ3v) is 0.143. The van der Waals surface area contributed by atoms with Crippen LogP contribution in [0.4, 0.5) is 26.6 Å². The molecule has 0 saturated heterocycles. The molecule has 0 aliphatic heterocycles. The van der Waals surface area contributed by atoms with Gasteiger partial charge in [-0.15, -0.1) is 0 Å². The van der Waals surface area contributed by atoms with E-state index in [1.807, 2.05) is 0 Å². The molecule has 0 rings (SSSR count). The van der Waals surface area contributed by atoms with Gasteiger partial charge in [0.05, 0.1) is 0 Å². The molecule has 0 atom stereocenters. The summed E-state index contributed by atoms with van der Waals surface area (Å²) in [6, 6.07) is 0. The SMILES string of the molecule is FC(F)=C(F)F.FOF. The lowest BCUT2D eigenvalue weighted by Gasteiger charge is -1.69. The zero-order valence-corrected chi connectivity index (χ0v) is 3.68. The molecule has 1 nitrogen and oxygen atoms in total. The van der Waals surface area contributed by atoms with Crippen molar-refractivity contribution in [1.82, 2.24) is 0 Å². The van der Waals surface area contributed by atoms with Gasteiger partial charge in [0.15, 0.2) is 0 Å². The smallest absolute Gasteiger partial charge is 0.167 e. The molecular weight excluding hydrogens is 154 g/mol. The van der Waals surface area contributed by atoms with Crippen LogP contribution in [0, 0.1) is 0 Å². The van der Waals surface area contributed by atoms with Crippen molar-refractivity contribution in [3.8, 4) is 0 Å². The van der Waals surface area contributed by atoms with E-state index >= 15 is 0 Å². The van der Waals surface area contributed by atoms with Gasteiger partial charge in [-0.05, 0) is 9.05 Å². The molecule has 0 N–H and O–H groups in total. The minimum absolute atomic E-state index is 1.25. The van der Waals surface area contributed by atoms with Gasteiger partial charge in [0.1, 0.15) is 0 Å². The Bertz CT molecular complexity index is 71.1. The van der Waals surface area contributed by atoms with Crippen LogP contribution < -0.4 is 0 Å². The van der Waals surface area contributed by atoms with E-state index in [9.17, 15) is 17.6 Å². The highest BCUT2D eigenvalue weighted by Gasteiger charge is 1.98. The molecule has 0 aliphatic carbocycles. The summed E-state index contributed by atoms with van der Waals surface area (Å²) >= 11 is 0. The first-order chi connectivity index (χ1) is 4.06. The van der Waals surface area contributed by atoms with Gasteiger partial charge in [-0.3, -0.25) is 0 Å². The molecule has 0 aromatic heterocycles. The first-order valence-electron chi connectivity index (χ1n) is 1.31. The molecule has 0 aliphatic rings. The van der Waals surface area contributed by atoms with E-state index in [1.165, 1.54) is 5.15 Å². The minimum atomic E-state index is -2.91. The molecule has 7 heteroatoms. The van der Waals surface area contributed by atoms with E-state index in [-0.39, 0.29) is 0 Å². The standard InChI is InChI=1S/C2F4.F2O/c3-1(4)2(5)6;1-3-2. The average molecular weight is 154 g/mol. The third kappa shape index (κ3) is 18.9. The Kier molecular flexibility index (Phi) is 9.00. The predicted molar refractivity (Wildman–Crippen MR) is 14.8 cm³/mol. The van der Waals surface area contributed by atoms with Gasteiger partial charge in [-0.1, -0.05) is 0 Å². The molecule has 0 unspecified atom stereocenters. The van der Waals surface area contributed by atoms with E-state index in [2.05, 4.69) is 0 Å². The Hall–Kier alpha value is -0.720. The first-order valence-corrected chi connectivity index (χ1v) is 1.31. The monoisotopic (exact) mass is 154 g/mol. The topological polar surface area (TPSA) is 9.23 Å². The minimum Gasteiger partial charge on any atom is -0.167 e. The summed E-state index contributed by atoms with van der Waals surface area (Å²) in [5, 5.41) is 1.25. The third-order valence-electron chi connectivity index (χ3n) is 0.143. The second-order valence-electron chi connectivity index (χ2n) is 0.579. The summed E-state index contributed by atoms with van der Waals surface area (Å²) in [7, 11) is 0.